The normalized spacial score (nSPS) is 13.3. The number of amides is 1. The first kappa shape index (κ1) is 15.4. The number of rotatable bonds is 5. The molecule has 1 rings (SSSR count). The SMILES string of the molecule is COCC(C)NC(=O)c1cc(S(=O)(=O)Cl)c(C)s1. The number of hydrogen-bond acceptors (Lipinski definition) is 5. The second-order valence-corrected chi connectivity index (χ2v) is 7.59. The van der Waals surface area contributed by atoms with Crippen LogP contribution in [0, 0.1) is 6.92 Å². The van der Waals surface area contributed by atoms with Gasteiger partial charge in [0.05, 0.1) is 16.4 Å². The molecule has 0 aliphatic rings. The average Bonchev–Trinajstić information content (AvgIpc) is 2.60. The van der Waals surface area contributed by atoms with E-state index in [9.17, 15) is 13.2 Å². The van der Waals surface area contributed by atoms with Crippen LogP contribution in [0.25, 0.3) is 0 Å². The first-order valence-electron chi connectivity index (χ1n) is 5.10. The largest absolute Gasteiger partial charge is 0.383 e. The fourth-order valence-corrected chi connectivity index (χ4v) is 3.97. The third kappa shape index (κ3) is 3.94. The summed E-state index contributed by atoms with van der Waals surface area (Å²) in [7, 11) is 3.00. The molecule has 18 heavy (non-hydrogen) atoms. The molecule has 0 radical (unpaired) electrons. The maximum absolute atomic E-state index is 11.8. The van der Waals surface area contributed by atoms with Gasteiger partial charge in [-0.15, -0.1) is 11.3 Å². The lowest BCUT2D eigenvalue weighted by molar-refractivity contribution is 0.0909. The Morgan fingerprint density at radius 3 is 2.67 bits per heavy atom. The molecule has 0 saturated heterocycles. The molecule has 1 atom stereocenters. The standard InChI is InChI=1S/C10H14ClNO4S2/c1-6(5-16-3)12-10(13)8-4-9(7(2)17-8)18(11,14)15/h4,6H,5H2,1-3H3,(H,12,13). The zero-order valence-electron chi connectivity index (χ0n) is 10.2. The van der Waals surface area contributed by atoms with E-state index in [-0.39, 0.29) is 16.8 Å². The van der Waals surface area contributed by atoms with Gasteiger partial charge in [0.15, 0.2) is 0 Å². The van der Waals surface area contributed by atoms with Gasteiger partial charge in [-0.3, -0.25) is 4.79 Å². The summed E-state index contributed by atoms with van der Waals surface area (Å²) in [5.41, 5.74) is 0. The molecule has 1 heterocycles. The summed E-state index contributed by atoms with van der Waals surface area (Å²) in [5.74, 6) is -0.334. The monoisotopic (exact) mass is 311 g/mol. The highest BCUT2D eigenvalue weighted by molar-refractivity contribution is 8.13. The summed E-state index contributed by atoms with van der Waals surface area (Å²) in [6.45, 7) is 3.78. The Morgan fingerprint density at radius 1 is 1.61 bits per heavy atom. The Morgan fingerprint density at radius 2 is 2.22 bits per heavy atom. The van der Waals surface area contributed by atoms with Crippen LogP contribution < -0.4 is 5.32 Å². The Labute approximate surface area is 115 Å². The highest BCUT2D eigenvalue weighted by Gasteiger charge is 2.20. The molecule has 1 unspecified atom stereocenters. The molecule has 1 N–H and O–H groups in total. The fraction of sp³-hybridized carbons (Fsp3) is 0.500. The van der Waals surface area contributed by atoms with Crippen molar-refractivity contribution in [1.29, 1.82) is 0 Å². The van der Waals surface area contributed by atoms with Crippen molar-refractivity contribution in [3.63, 3.8) is 0 Å². The van der Waals surface area contributed by atoms with E-state index in [1.807, 2.05) is 0 Å². The topological polar surface area (TPSA) is 72.5 Å². The number of ether oxygens (including phenoxy) is 1. The van der Waals surface area contributed by atoms with E-state index in [1.54, 1.807) is 13.8 Å². The molecule has 102 valence electrons. The minimum Gasteiger partial charge on any atom is -0.383 e. The van der Waals surface area contributed by atoms with E-state index in [2.05, 4.69) is 5.32 Å². The molecule has 0 saturated carbocycles. The Bertz CT molecular complexity index is 538. The second kappa shape index (κ2) is 6.01. The Hall–Kier alpha value is -0.630. The highest BCUT2D eigenvalue weighted by Crippen LogP contribution is 2.28. The Balaban J connectivity index is 2.89. The number of carbonyl (C=O) groups excluding carboxylic acids is 1. The van der Waals surface area contributed by atoms with Gasteiger partial charge in [-0.2, -0.15) is 0 Å². The van der Waals surface area contributed by atoms with E-state index in [4.69, 9.17) is 15.4 Å². The zero-order chi connectivity index (χ0) is 13.9. The Kier molecular flexibility index (Phi) is 5.15. The van der Waals surface area contributed by atoms with Gasteiger partial charge in [-0.05, 0) is 19.9 Å². The smallest absolute Gasteiger partial charge is 0.262 e. The summed E-state index contributed by atoms with van der Waals surface area (Å²) < 4.78 is 27.4. The zero-order valence-corrected chi connectivity index (χ0v) is 12.6. The molecular weight excluding hydrogens is 298 g/mol. The van der Waals surface area contributed by atoms with Crippen molar-refractivity contribution in [2.75, 3.05) is 13.7 Å². The predicted octanol–water partition coefficient (Wildman–Crippen LogP) is 1.75. The van der Waals surface area contributed by atoms with Gasteiger partial charge >= 0.3 is 0 Å². The van der Waals surface area contributed by atoms with Crippen molar-refractivity contribution >= 4 is 37.0 Å². The third-order valence-electron chi connectivity index (χ3n) is 2.15. The van der Waals surface area contributed by atoms with Crippen molar-refractivity contribution in [3.8, 4) is 0 Å². The number of halogens is 1. The average molecular weight is 312 g/mol. The van der Waals surface area contributed by atoms with E-state index in [1.165, 1.54) is 13.2 Å². The van der Waals surface area contributed by atoms with Gasteiger partial charge in [0.1, 0.15) is 0 Å². The van der Waals surface area contributed by atoms with Crippen LogP contribution in [0.15, 0.2) is 11.0 Å². The molecule has 1 aromatic heterocycles. The molecule has 0 aliphatic heterocycles. The molecule has 5 nitrogen and oxygen atoms in total. The van der Waals surface area contributed by atoms with Crippen LogP contribution in [0.1, 0.15) is 21.5 Å². The van der Waals surface area contributed by atoms with Gasteiger partial charge in [-0.25, -0.2) is 8.42 Å². The van der Waals surface area contributed by atoms with Crippen molar-refractivity contribution in [3.05, 3.63) is 15.8 Å². The van der Waals surface area contributed by atoms with Crippen LogP contribution in [0.5, 0.6) is 0 Å². The number of carbonyl (C=O) groups is 1. The molecule has 0 bridgehead atoms. The number of hydrogen-bond donors (Lipinski definition) is 1. The predicted molar refractivity (Wildman–Crippen MR) is 70.9 cm³/mol. The minimum atomic E-state index is -3.81. The lowest BCUT2D eigenvalue weighted by Gasteiger charge is -2.11. The third-order valence-corrected chi connectivity index (χ3v) is 4.78. The van der Waals surface area contributed by atoms with Crippen LogP contribution in [0.4, 0.5) is 0 Å². The number of nitrogens with one attached hydrogen (secondary N) is 1. The molecular formula is C10H14ClNO4S2. The van der Waals surface area contributed by atoms with Crippen LogP contribution in [-0.4, -0.2) is 34.1 Å². The number of methoxy groups -OCH3 is 1. The summed E-state index contributed by atoms with van der Waals surface area (Å²) in [4.78, 5) is 12.6. The molecule has 8 heteroatoms. The summed E-state index contributed by atoms with van der Waals surface area (Å²) in [5, 5.41) is 2.70. The summed E-state index contributed by atoms with van der Waals surface area (Å²) >= 11 is 1.09. The maximum atomic E-state index is 11.8. The molecule has 1 aromatic rings. The van der Waals surface area contributed by atoms with E-state index < -0.39 is 9.05 Å². The lowest BCUT2D eigenvalue weighted by Crippen LogP contribution is -2.35. The van der Waals surface area contributed by atoms with Crippen molar-refractivity contribution < 1.29 is 17.9 Å². The molecule has 0 aromatic carbocycles. The van der Waals surface area contributed by atoms with Gasteiger partial charge in [0.2, 0.25) is 0 Å². The fourth-order valence-electron chi connectivity index (χ4n) is 1.41. The maximum Gasteiger partial charge on any atom is 0.262 e. The van der Waals surface area contributed by atoms with Crippen molar-refractivity contribution in [1.82, 2.24) is 5.32 Å². The number of thiophene rings is 1. The van der Waals surface area contributed by atoms with Gasteiger partial charge < -0.3 is 10.1 Å². The molecule has 0 fully saturated rings. The summed E-state index contributed by atoms with van der Waals surface area (Å²) in [6.07, 6.45) is 0. The highest BCUT2D eigenvalue weighted by atomic mass is 35.7. The van der Waals surface area contributed by atoms with Crippen molar-refractivity contribution in [2.24, 2.45) is 0 Å². The van der Waals surface area contributed by atoms with Crippen molar-refractivity contribution in [2.45, 2.75) is 24.8 Å². The molecule has 0 spiro atoms. The molecule has 1 amide bonds. The van der Waals surface area contributed by atoms with Crippen LogP contribution in [-0.2, 0) is 13.8 Å². The van der Waals surface area contributed by atoms with E-state index in [0.717, 1.165) is 11.3 Å². The van der Waals surface area contributed by atoms with E-state index >= 15 is 0 Å². The van der Waals surface area contributed by atoms with Gasteiger partial charge in [0.25, 0.3) is 15.0 Å². The second-order valence-electron chi connectivity index (χ2n) is 3.80. The van der Waals surface area contributed by atoms with Crippen LogP contribution in [0.2, 0.25) is 0 Å². The van der Waals surface area contributed by atoms with Gasteiger partial charge in [-0.1, -0.05) is 0 Å². The van der Waals surface area contributed by atoms with Crippen LogP contribution in [0.3, 0.4) is 0 Å². The minimum absolute atomic E-state index is 0.0151. The number of aryl methyl sites for hydroxylation is 1. The quantitative estimate of drug-likeness (QED) is 0.841. The van der Waals surface area contributed by atoms with E-state index in [0.29, 0.717) is 16.4 Å². The molecule has 0 aliphatic carbocycles. The lowest BCUT2D eigenvalue weighted by atomic mass is 10.3. The first-order valence-corrected chi connectivity index (χ1v) is 8.23. The first-order chi connectivity index (χ1) is 8.25. The van der Waals surface area contributed by atoms with Crippen LogP contribution >= 0.6 is 22.0 Å². The summed E-state index contributed by atoms with van der Waals surface area (Å²) in [6, 6.07) is 1.14. The van der Waals surface area contributed by atoms with Gasteiger partial charge in [0, 0.05) is 28.7 Å².